The van der Waals surface area contributed by atoms with E-state index in [0.717, 1.165) is 16.4 Å². The van der Waals surface area contributed by atoms with Gasteiger partial charge in [0.25, 0.3) is 0 Å². The van der Waals surface area contributed by atoms with Crippen molar-refractivity contribution >= 4 is 72.9 Å². The molecule has 0 aliphatic carbocycles. The first kappa shape index (κ1) is 23.1. The van der Waals surface area contributed by atoms with Gasteiger partial charge in [-0.3, -0.25) is 0 Å². The number of rotatable bonds is 4. The first-order chi connectivity index (χ1) is 14.6. The Kier molecular flexibility index (Phi) is 6.75. The van der Waals surface area contributed by atoms with Crippen LogP contribution in [0.25, 0.3) is 11.3 Å². The molecule has 0 unspecified atom stereocenters. The van der Waals surface area contributed by atoms with Gasteiger partial charge in [0.15, 0.2) is 5.13 Å². The standard InChI is InChI=1S/C20H17Cl4N3O2S2/c1-12-6-19(17(24)10-16(12)23)31(28,29)27-4-2-26(3-5-27)20-25-18(11-30-20)13-7-14(21)9-15(22)8-13/h6-11H,2-5H2,1H3. The van der Waals surface area contributed by atoms with Crippen LogP contribution >= 0.6 is 57.7 Å². The first-order valence-corrected chi connectivity index (χ1v) is 13.1. The lowest BCUT2D eigenvalue weighted by Gasteiger charge is -2.34. The Morgan fingerprint density at radius 1 is 0.903 bits per heavy atom. The van der Waals surface area contributed by atoms with Crippen LogP contribution in [0.15, 0.2) is 40.6 Å². The zero-order chi connectivity index (χ0) is 22.3. The minimum Gasteiger partial charge on any atom is -0.345 e. The highest BCUT2D eigenvalue weighted by molar-refractivity contribution is 7.89. The fourth-order valence-electron chi connectivity index (χ4n) is 3.33. The Hall–Kier alpha value is -1.06. The molecule has 0 saturated carbocycles. The SMILES string of the molecule is Cc1cc(S(=O)(=O)N2CCN(c3nc(-c4cc(Cl)cc(Cl)c4)cs3)CC2)c(Cl)cc1Cl. The van der Waals surface area contributed by atoms with Gasteiger partial charge in [0.2, 0.25) is 10.0 Å². The quantitative estimate of drug-likeness (QED) is 0.396. The van der Waals surface area contributed by atoms with Crippen molar-refractivity contribution in [2.45, 2.75) is 11.8 Å². The molecule has 2 heterocycles. The van der Waals surface area contributed by atoms with Crippen LogP contribution < -0.4 is 4.90 Å². The predicted octanol–water partition coefficient (Wildman–Crippen LogP) is 6.24. The first-order valence-electron chi connectivity index (χ1n) is 9.28. The van der Waals surface area contributed by atoms with Crippen molar-refractivity contribution in [3.63, 3.8) is 0 Å². The van der Waals surface area contributed by atoms with Gasteiger partial charge in [0, 0.05) is 52.2 Å². The van der Waals surface area contributed by atoms with Crippen LogP contribution in [0.3, 0.4) is 0 Å². The summed E-state index contributed by atoms with van der Waals surface area (Å²) in [6, 6.07) is 8.30. The lowest BCUT2D eigenvalue weighted by atomic mass is 10.2. The number of thiazole rings is 1. The molecule has 1 aromatic heterocycles. The van der Waals surface area contributed by atoms with Crippen molar-refractivity contribution in [2.75, 3.05) is 31.1 Å². The van der Waals surface area contributed by atoms with Gasteiger partial charge in [-0.1, -0.05) is 46.4 Å². The number of nitrogens with zero attached hydrogens (tertiary/aromatic N) is 3. The lowest BCUT2D eigenvalue weighted by molar-refractivity contribution is 0.385. The molecule has 1 saturated heterocycles. The van der Waals surface area contributed by atoms with E-state index in [-0.39, 0.29) is 9.92 Å². The third-order valence-electron chi connectivity index (χ3n) is 4.99. The summed E-state index contributed by atoms with van der Waals surface area (Å²) < 4.78 is 27.7. The Morgan fingerprint density at radius 2 is 1.55 bits per heavy atom. The highest BCUT2D eigenvalue weighted by Gasteiger charge is 2.31. The third kappa shape index (κ3) is 4.83. The van der Waals surface area contributed by atoms with E-state index in [1.165, 1.54) is 27.8 Å². The van der Waals surface area contributed by atoms with Gasteiger partial charge in [-0.2, -0.15) is 4.31 Å². The summed E-state index contributed by atoms with van der Waals surface area (Å²) in [7, 11) is -3.72. The van der Waals surface area contributed by atoms with E-state index < -0.39 is 10.0 Å². The molecule has 2 aromatic carbocycles. The van der Waals surface area contributed by atoms with Gasteiger partial charge in [0.1, 0.15) is 4.90 Å². The number of piperazine rings is 1. The number of aromatic nitrogens is 1. The molecule has 0 spiro atoms. The average molecular weight is 537 g/mol. The maximum Gasteiger partial charge on any atom is 0.244 e. The molecule has 1 fully saturated rings. The minimum absolute atomic E-state index is 0.0823. The Labute approximate surface area is 205 Å². The van der Waals surface area contributed by atoms with Crippen molar-refractivity contribution < 1.29 is 8.42 Å². The molecule has 4 rings (SSSR count). The molecule has 11 heteroatoms. The molecule has 0 atom stereocenters. The van der Waals surface area contributed by atoms with Crippen molar-refractivity contribution in [3.8, 4) is 11.3 Å². The number of benzene rings is 2. The lowest BCUT2D eigenvalue weighted by Crippen LogP contribution is -2.48. The van der Waals surface area contributed by atoms with Gasteiger partial charge < -0.3 is 4.90 Å². The van der Waals surface area contributed by atoms with E-state index in [4.69, 9.17) is 51.4 Å². The van der Waals surface area contributed by atoms with Crippen LogP contribution in [0.1, 0.15) is 5.56 Å². The summed E-state index contributed by atoms with van der Waals surface area (Å²) in [5.74, 6) is 0. The van der Waals surface area contributed by atoms with Gasteiger partial charge in [-0.15, -0.1) is 11.3 Å². The molecule has 5 nitrogen and oxygen atoms in total. The van der Waals surface area contributed by atoms with E-state index in [0.29, 0.717) is 46.8 Å². The maximum absolute atomic E-state index is 13.1. The summed E-state index contributed by atoms with van der Waals surface area (Å²) in [6.45, 7) is 3.46. The van der Waals surface area contributed by atoms with Crippen LogP contribution in [0.5, 0.6) is 0 Å². The number of aryl methyl sites for hydroxylation is 1. The summed E-state index contributed by atoms with van der Waals surface area (Å²) in [5, 5.41) is 4.43. The zero-order valence-electron chi connectivity index (χ0n) is 16.3. The Balaban J connectivity index is 1.49. The average Bonchev–Trinajstić information content (AvgIpc) is 3.20. The molecule has 0 radical (unpaired) electrons. The van der Waals surface area contributed by atoms with E-state index in [2.05, 4.69) is 4.90 Å². The molecule has 0 amide bonds. The maximum atomic E-state index is 13.1. The number of sulfonamides is 1. The molecule has 1 aliphatic rings. The Morgan fingerprint density at radius 3 is 2.19 bits per heavy atom. The van der Waals surface area contributed by atoms with Crippen LogP contribution in [-0.4, -0.2) is 43.9 Å². The number of halogens is 4. The minimum atomic E-state index is -3.72. The number of hydrogen-bond donors (Lipinski definition) is 0. The normalized spacial score (nSPS) is 15.5. The van der Waals surface area contributed by atoms with Gasteiger partial charge in [-0.25, -0.2) is 13.4 Å². The van der Waals surface area contributed by atoms with Crippen LogP contribution in [0, 0.1) is 6.92 Å². The van der Waals surface area contributed by atoms with Crippen molar-refractivity contribution in [2.24, 2.45) is 0 Å². The van der Waals surface area contributed by atoms with Crippen LogP contribution in [0.4, 0.5) is 5.13 Å². The summed E-state index contributed by atoms with van der Waals surface area (Å²) in [6.07, 6.45) is 0. The van der Waals surface area contributed by atoms with Gasteiger partial charge in [0.05, 0.1) is 10.7 Å². The number of anilines is 1. The topological polar surface area (TPSA) is 53.5 Å². The fraction of sp³-hybridized carbons (Fsp3) is 0.250. The highest BCUT2D eigenvalue weighted by Crippen LogP contribution is 2.33. The van der Waals surface area contributed by atoms with Crippen LogP contribution in [-0.2, 0) is 10.0 Å². The Bertz CT molecular complexity index is 1220. The highest BCUT2D eigenvalue weighted by atomic mass is 35.5. The second kappa shape index (κ2) is 9.06. The van der Waals surface area contributed by atoms with E-state index in [1.54, 1.807) is 13.0 Å². The second-order valence-electron chi connectivity index (χ2n) is 7.10. The smallest absolute Gasteiger partial charge is 0.244 e. The zero-order valence-corrected chi connectivity index (χ0v) is 20.9. The summed E-state index contributed by atoms with van der Waals surface area (Å²) in [4.78, 5) is 6.84. The van der Waals surface area contributed by atoms with Gasteiger partial charge in [-0.05, 0) is 42.8 Å². The predicted molar refractivity (Wildman–Crippen MR) is 130 cm³/mol. The second-order valence-corrected chi connectivity index (χ2v) is 11.5. The molecular weight excluding hydrogens is 520 g/mol. The molecule has 0 N–H and O–H groups in total. The van der Waals surface area contributed by atoms with Crippen molar-refractivity contribution in [3.05, 3.63) is 61.4 Å². The summed E-state index contributed by atoms with van der Waals surface area (Å²) >= 11 is 25.9. The largest absolute Gasteiger partial charge is 0.345 e. The molecule has 164 valence electrons. The van der Waals surface area contributed by atoms with E-state index in [1.807, 2.05) is 17.5 Å². The van der Waals surface area contributed by atoms with E-state index >= 15 is 0 Å². The summed E-state index contributed by atoms with van der Waals surface area (Å²) in [5.41, 5.74) is 2.29. The van der Waals surface area contributed by atoms with Crippen molar-refractivity contribution in [1.82, 2.24) is 9.29 Å². The molecule has 3 aromatic rings. The third-order valence-corrected chi connectivity index (χ3v) is 9.10. The van der Waals surface area contributed by atoms with Crippen molar-refractivity contribution in [1.29, 1.82) is 0 Å². The van der Waals surface area contributed by atoms with Crippen LogP contribution in [0.2, 0.25) is 20.1 Å². The molecule has 1 aliphatic heterocycles. The van der Waals surface area contributed by atoms with Gasteiger partial charge >= 0.3 is 0 Å². The molecular formula is C20H17Cl4N3O2S2. The number of hydrogen-bond acceptors (Lipinski definition) is 5. The molecule has 0 bridgehead atoms. The fourth-order valence-corrected chi connectivity index (χ4v) is 6.97. The van der Waals surface area contributed by atoms with E-state index in [9.17, 15) is 8.42 Å². The monoisotopic (exact) mass is 535 g/mol. The molecule has 31 heavy (non-hydrogen) atoms.